The SMILES string of the molecule is CCc1ccc(/C(O)=C2\C(=O)C(=O)N(c3cc(Cl)cc(Cl)c3)C2c2ccc(O)cc2)cc1. The molecule has 0 aromatic heterocycles. The molecular formula is C25H19Cl2NO4. The average molecular weight is 468 g/mol. The minimum Gasteiger partial charge on any atom is -0.508 e. The van der Waals surface area contributed by atoms with Crippen LogP contribution in [-0.4, -0.2) is 21.9 Å². The average Bonchev–Trinajstić information content (AvgIpc) is 3.04. The fourth-order valence-electron chi connectivity index (χ4n) is 3.80. The summed E-state index contributed by atoms with van der Waals surface area (Å²) in [6.07, 6.45) is 0.828. The number of hydrogen-bond acceptors (Lipinski definition) is 4. The minimum atomic E-state index is -0.934. The van der Waals surface area contributed by atoms with E-state index >= 15 is 0 Å². The van der Waals surface area contributed by atoms with Gasteiger partial charge in [-0.1, -0.05) is 66.5 Å². The largest absolute Gasteiger partial charge is 0.508 e. The molecule has 0 aliphatic carbocycles. The second-order valence-corrected chi connectivity index (χ2v) is 8.31. The summed E-state index contributed by atoms with van der Waals surface area (Å²) >= 11 is 12.3. The zero-order valence-corrected chi connectivity index (χ0v) is 18.6. The summed E-state index contributed by atoms with van der Waals surface area (Å²) in [7, 11) is 0. The number of aromatic hydroxyl groups is 1. The number of nitrogens with zero attached hydrogens (tertiary/aromatic N) is 1. The number of hydrogen-bond donors (Lipinski definition) is 2. The fraction of sp³-hybridized carbons (Fsp3) is 0.120. The van der Waals surface area contributed by atoms with Crippen molar-refractivity contribution in [3.8, 4) is 5.75 Å². The molecule has 5 nitrogen and oxygen atoms in total. The van der Waals surface area contributed by atoms with Crippen LogP contribution in [-0.2, 0) is 16.0 Å². The van der Waals surface area contributed by atoms with Crippen LogP contribution in [0.5, 0.6) is 5.75 Å². The van der Waals surface area contributed by atoms with E-state index < -0.39 is 17.7 Å². The van der Waals surface area contributed by atoms with Gasteiger partial charge in [-0.05, 0) is 47.9 Å². The molecule has 1 heterocycles. The first-order valence-corrected chi connectivity index (χ1v) is 10.7. The first-order valence-electron chi connectivity index (χ1n) is 9.95. The lowest BCUT2D eigenvalue weighted by molar-refractivity contribution is -0.132. The molecule has 1 aliphatic rings. The summed E-state index contributed by atoms with van der Waals surface area (Å²) < 4.78 is 0. The highest BCUT2D eigenvalue weighted by Gasteiger charge is 2.47. The van der Waals surface area contributed by atoms with Crippen molar-refractivity contribution in [2.75, 3.05) is 4.90 Å². The number of carbonyl (C=O) groups is 2. The minimum absolute atomic E-state index is 0.0339. The molecule has 0 radical (unpaired) electrons. The quantitative estimate of drug-likeness (QED) is 0.285. The molecule has 3 aromatic rings. The van der Waals surface area contributed by atoms with Gasteiger partial charge >= 0.3 is 0 Å². The molecule has 3 aromatic carbocycles. The summed E-state index contributed by atoms with van der Waals surface area (Å²) in [6.45, 7) is 2.02. The van der Waals surface area contributed by atoms with Crippen molar-refractivity contribution in [3.05, 3.63) is 99.0 Å². The lowest BCUT2D eigenvalue weighted by Gasteiger charge is -2.26. The number of anilines is 1. The molecule has 4 rings (SSSR count). The summed E-state index contributed by atoms with van der Waals surface area (Å²) in [5.41, 5.74) is 2.30. The Balaban J connectivity index is 1.94. The van der Waals surface area contributed by atoms with Gasteiger partial charge in [-0.25, -0.2) is 0 Å². The number of aliphatic hydroxyl groups excluding tert-OH is 1. The molecule has 1 unspecified atom stereocenters. The number of ketones is 1. The Morgan fingerprint density at radius 2 is 1.53 bits per heavy atom. The molecule has 1 fully saturated rings. The molecule has 0 saturated carbocycles. The Labute approximate surface area is 195 Å². The number of rotatable bonds is 4. The van der Waals surface area contributed by atoms with Crippen molar-refractivity contribution in [3.63, 3.8) is 0 Å². The van der Waals surface area contributed by atoms with Crippen LogP contribution < -0.4 is 4.90 Å². The highest BCUT2D eigenvalue weighted by Crippen LogP contribution is 2.43. The van der Waals surface area contributed by atoms with Crippen molar-refractivity contribution < 1.29 is 19.8 Å². The number of phenolic OH excluding ortho intramolecular Hbond substituents is 1. The predicted molar refractivity (Wildman–Crippen MR) is 125 cm³/mol. The maximum absolute atomic E-state index is 13.1. The van der Waals surface area contributed by atoms with Crippen molar-refractivity contribution in [1.82, 2.24) is 0 Å². The number of carbonyl (C=O) groups excluding carboxylic acids is 2. The van der Waals surface area contributed by atoms with Crippen LogP contribution in [0.25, 0.3) is 5.76 Å². The number of Topliss-reactive ketones (excluding diaryl/α,β-unsaturated/α-hetero) is 1. The third-order valence-corrected chi connectivity index (χ3v) is 5.85. The maximum atomic E-state index is 13.1. The van der Waals surface area contributed by atoms with Gasteiger partial charge in [0.05, 0.1) is 11.6 Å². The van der Waals surface area contributed by atoms with E-state index in [0.29, 0.717) is 26.9 Å². The van der Waals surface area contributed by atoms with Gasteiger partial charge in [0.1, 0.15) is 11.5 Å². The van der Waals surface area contributed by atoms with E-state index in [2.05, 4.69) is 0 Å². The molecular weight excluding hydrogens is 449 g/mol. The first-order chi connectivity index (χ1) is 15.3. The molecule has 1 amide bonds. The fourth-order valence-corrected chi connectivity index (χ4v) is 4.32. The first kappa shape index (κ1) is 21.9. The molecule has 0 bridgehead atoms. The summed E-state index contributed by atoms with van der Waals surface area (Å²) in [5, 5.41) is 21.4. The van der Waals surface area contributed by atoms with Crippen LogP contribution in [0.15, 0.2) is 72.3 Å². The van der Waals surface area contributed by atoms with Crippen LogP contribution in [0.2, 0.25) is 10.0 Å². The number of aryl methyl sites for hydroxylation is 1. The van der Waals surface area contributed by atoms with Crippen molar-refractivity contribution in [2.24, 2.45) is 0 Å². The van der Waals surface area contributed by atoms with Gasteiger partial charge in [0, 0.05) is 21.3 Å². The Hall–Kier alpha value is -3.28. The smallest absolute Gasteiger partial charge is 0.300 e. The lowest BCUT2D eigenvalue weighted by atomic mass is 9.94. The van der Waals surface area contributed by atoms with E-state index in [9.17, 15) is 19.8 Å². The summed E-state index contributed by atoms with van der Waals surface area (Å²) in [4.78, 5) is 27.5. The topological polar surface area (TPSA) is 77.8 Å². The van der Waals surface area contributed by atoms with Gasteiger partial charge in [-0.3, -0.25) is 14.5 Å². The molecule has 0 spiro atoms. The molecule has 7 heteroatoms. The van der Waals surface area contributed by atoms with E-state index in [0.717, 1.165) is 12.0 Å². The number of aliphatic hydroxyl groups is 1. The van der Waals surface area contributed by atoms with Gasteiger partial charge in [0.15, 0.2) is 0 Å². The van der Waals surface area contributed by atoms with E-state index in [1.54, 1.807) is 24.3 Å². The van der Waals surface area contributed by atoms with Crippen molar-refractivity contribution in [1.29, 1.82) is 0 Å². The Morgan fingerprint density at radius 3 is 2.09 bits per heavy atom. The standard InChI is InChI=1S/C25H19Cl2NO4/c1-2-14-3-5-16(6-4-14)23(30)21-22(15-7-9-20(29)10-8-15)28(25(32)24(21)31)19-12-17(26)11-18(27)13-19/h3-13,22,29-30H,2H2,1H3/b23-21+. The second-order valence-electron chi connectivity index (χ2n) is 7.44. The van der Waals surface area contributed by atoms with Crippen LogP contribution in [0, 0.1) is 0 Å². The number of phenols is 1. The molecule has 1 atom stereocenters. The second kappa shape index (κ2) is 8.69. The van der Waals surface area contributed by atoms with Gasteiger partial charge in [-0.2, -0.15) is 0 Å². The van der Waals surface area contributed by atoms with E-state index in [1.165, 1.54) is 35.2 Å². The molecule has 2 N–H and O–H groups in total. The maximum Gasteiger partial charge on any atom is 0.300 e. The van der Waals surface area contributed by atoms with Gasteiger partial charge in [-0.15, -0.1) is 0 Å². The van der Waals surface area contributed by atoms with Gasteiger partial charge in [0.25, 0.3) is 11.7 Å². The van der Waals surface area contributed by atoms with Crippen molar-refractivity contribution >= 4 is 46.3 Å². The highest BCUT2D eigenvalue weighted by atomic mass is 35.5. The molecule has 1 saturated heterocycles. The molecule has 1 aliphatic heterocycles. The lowest BCUT2D eigenvalue weighted by Crippen LogP contribution is -2.29. The van der Waals surface area contributed by atoms with Crippen molar-refractivity contribution in [2.45, 2.75) is 19.4 Å². The third-order valence-electron chi connectivity index (χ3n) is 5.41. The Morgan fingerprint density at radius 1 is 0.938 bits per heavy atom. The van der Waals surface area contributed by atoms with E-state index in [4.69, 9.17) is 23.2 Å². The van der Waals surface area contributed by atoms with E-state index in [-0.39, 0.29) is 17.1 Å². The third kappa shape index (κ3) is 3.97. The van der Waals surface area contributed by atoms with E-state index in [1.807, 2.05) is 19.1 Å². The van der Waals surface area contributed by atoms with Crippen LogP contribution >= 0.6 is 23.2 Å². The Bertz CT molecular complexity index is 1210. The normalized spacial score (nSPS) is 17.7. The Kier molecular flexibility index (Phi) is 5.96. The zero-order valence-electron chi connectivity index (χ0n) is 17.0. The van der Waals surface area contributed by atoms with Crippen LogP contribution in [0.3, 0.4) is 0 Å². The number of amides is 1. The molecule has 32 heavy (non-hydrogen) atoms. The van der Waals surface area contributed by atoms with Crippen LogP contribution in [0.4, 0.5) is 5.69 Å². The summed E-state index contributed by atoms with van der Waals surface area (Å²) in [6, 6.07) is 16.9. The predicted octanol–water partition coefficient (Wildman–Crippen LogP) is 5.89. The number of halogens is 2. The number of benzene rings is 3. The molecule has 162 valence electrons. The van der Waals surface area contributed by atoms with Gasteiger partial charge < -0.3 is 10.2 Å². The summed E-state index contributed by atoms with van der Waals surface area (Å²) in [5.74, 6) is -1.88. The monoisotopic (exact) mass is 467 g/mol. The van der Waals surface area contributed by atoms with Gasteiger partial charge in [0.2, 0.25) is 0 Å². The zero-order chi connectivity index (χ0) is 23.0. The highest BCUT2D eigenvalue weighted by molar-refractivity contribution is 6.52. The van der Waals surface area contributed by atoms with Crippen LogP contribution in [0.1, 0.15) is 29.7 Å².